The Kier molecular flexibility index (Phi) is 6.09. The fourth-order valence-corrected chi connectivity index (χ4v) is 4.23. The molecule has 1 aromatic heterocycles. The number of hydrogen-bond acceptors (Lipinski definition) is 6. The maximum atomic E-state index is 5.80. The number of hydrogen-bond donors (Lipinski definition) is 1. The number of allylic oxidation sites excluding steroid dienone is 1. The van der Waals surface area contributed by atoms with Crippen LogP contribution in [-0.4, -0.2) is 53.0 Å². The molecule has 0 amide bonds. The summed E-state index contributed by atoms with van der Waals surface area (Å²) in [4.78, 5) is 14.0. The van der Waals surface area contributed by atoms with Crippen molar-refractivity contribution in [2.75, 3.05) is 38.5 Å². The summed E-state index contributed by atoms with van der Waals surface area (Å²) in [5, 5.41) is 3.42. The van der Waals surface area contributed by atoms with E-state index in [1.165, 1.54) is 5.56 Å². The fourth-order valence-electron chi connectivity index (χ4n) is 4.23. The molecule has 6 nitrogen and oxygen atoms in total. The molecule has 2 aromatic carbocycles. The van der Waals surface area contributed by atoms with Crippen molar-refractivity contribution in [2.45, 2.75) is 13.0 Å². The van der Waals surface area contributed by atoms with Gasteiger partial charge in [0.1, 0.15) is 6.61 Å². The van der Waals surface area contributed by atoms with Gasteiger partial charge in [0.15, 0.2) is 0 Å². The number of anilines is 2. The molecule has 3 heterocycles. The highest BCUT2D eigenvalue weighted by Gasteiger charge is 2.17. The van der Waals surface area contributed by atoms with Crippen LogP contribution in [0.5, 0.6) is 0 Å². The molecular formula is C27H29N5O. The van der Waals surface area contributed by atoms with Crippen molar-refractivity contribution in [1.29, 1.82) is 0 Å². The van der Waals surface area contributed by atoms with Crippen molar-refractivity contribution >= 4 is 17.3 Å². The Bertz CT molecular complexity index is 1180. The number of nitrogens with zero attached hydrogens (tertiary/aromatic N) is 4. The fraction of sp³-hybridized carbons (Fsp3) is 0.259. The first-order chi connectivity index (χ1) is 16.1. The van der Waals surface area contributed by atoms with Gasteiger partial charge in [-0.05, 0) is 66.6 Å². The van der Waals surface area contributed by atoms with Crippen LogP contribution in [0.2, 0.25) is 0 Å². The highest BCUT2D eigenvalue weighted by Crippen LogP contribution is 2.27. The van der Waals surface area contributed by atoms with E-state index >= 15 is 0 Å². The molecular weight excluding hydrogens is 410 g/mol. The van der Waals surface area contributed by atoms with Crippen LogP contribution in [0.1, 0.15) is 16.7 Å². The summed E-state index contributed by atoms with van der Waals surface area (Å²) in [7, 11) is 2.17. The van der Waals surface area contributed by atoms with Crippen LogP contribution in [0.25, 0.3) is 17.0 Å². The molecule has 1 saturated heterocycles. The predicted molar refractivity (Wildman–Crippen MR) is 133 cm³/mol. The van der Waals surface area contributed by atoms with Crippen LogP contribution in [0, 0.1) is 0 Å². The third-order valence-electron chi connectivity index (χ3n) is 6.14. The zero-order valence-electron chi connectivity index (χ0n) is 19.0. The lowest BCUT2D eigenvalue weighted by atomic mass is 10.0. The van der Waals surface area contributed by atoms with Gasteiger partial charge < -0.3 is 19.9 Å². The molecule has 1 N–H and O–H groups in total. The molecule has 3 aromatic rings. The molecule has 33 heavy (non-hydrogen) atoms. The molecule has 0 atom stereocenters. The van der Waals surface area contributed by atoms with E-state index in [9.17, 15) is 0 Å². The first kappa shape index (κ1) is 21.2. The smallest absolute Gasteiger partial charge is 0.227 e. The SMILES string of the molecule is C=C(c1cc2cc(c1)Nc1nccc(n1)-c1cccc(c1)CO/C=C\C2)N1CCN(C)CC1. The van der Waals surface area contributed by atoms with E-state index in [1.54, 1.807) is 12.5 Å². The second kappa shape index (κ2) is 9.46. The zero-order chi connectivity index (χ0) is 22.6. The molecule has 0 radical (unpaired) electrons. The molecule has 2 aliphatic heterocycles. The number of piperazine rings is 1. The van der Waals surface area contributed by atoms with Crippen LogP contribution in [-0.2, 0) is 17.8 Å². The summed E-state index contributed by atoms with van der Waals surface area (Å²) in [6.45, 7) is 9.01. The van der Waals surface area contributed by atoms with Gasteiger partial charge in [0.25, 0.3) is 0 Å². The van der Waals surface area contributed by atoms with Gasteiger partial charge in [0.2, 0.25) is 5.95 Å². The lowest BCUT2D eigenvalue weighted by Crippen LogP contribution is -2.43. The molecule has 5 rings (SSSR count). The summed E-state index contributed by atoms with van der Waals surface area (Å²) in [6.07, 6.45) is 6.41. The van der Waals surface area contributed by atoms with Crippen LogP contribution in [0.4, 0.5) is 11.6 Å². The Morgan fingerprint density at radius 2 is 1.91 bits per heavy atom. The van der Waals surface area contributed by atoms with Crippen molar-refractivity contribution in [3.8, 4) is 11.3 Å². The third kappa shape index (κ3) is 5.07. The van der Waals surface area contributed by atoms with Crippen molar-refractivity contribution in [1.82, 2.24) is 19.8 Å². The summed E-state index contributed by atoms with van der Waals surface area (Å²) in [6, 6.07) is 16.7. The summed E-state index contributed by atoms with van der Waals surface area (Å²) < 4.78 is 5.80. The van der Waals surface area contributed by atoms with E-state index < -0.39 is 0 Å². The maximum Gasteiger partial charge on any atom is 0.227 e. The third-order valence-corrected chi connectivity index (χ3v) is 6.14. The quantitative estimate of drug-likeness (QED) is 0.625. The van der Waals surface area contributed by atoms with Crippen LogP contribution in [0.15, 0.2) is 73.6 Å². The molecule has 168 valence electrons. The van der Waals surface area contributed by atoms with Gasteiger partial charge in [0, 0.05) is 49.3 Å². The average Bonchev–Trinajstić information content (AvgIpc) is 2.84. The van der Waals surface area contributed by atoms with E-state index in [4.69, 9.17) is 9.72 Å². The van der Waals surface area contributed by atoms with Gasteiger partial charge in [-0.25, -0.2) is 9.97 Å². The second-order valence-electron chi connectivity index (χ2n) is 8.63. The average molecular weight is 440 g/mol. The van der Waals surface area contributed by atoms with Crippen molar-refractivity contribution in [3.05, 3.63) is 90.3 Å². The molecule has 2 aliphatic rings. The normalized spacial score (nSPS) is 17.2. The molecule has 6 heteroatoms. The number of likely N-dealkylation sites (N-methyl/N-ethyl adjacent to an activating group) is 1. The number of rotatable bonds is 2. The minimum Gasteiger partial charge on any atom is -0.497 e. The minimum absolute atomic E-state index is 0.520. The Morgan fingerprint density at radius 3 is 2.79 bits per heavy atom. The maximum absolute atomic E-state index is 5.80. The Balaban J connectivity index is 1.49. The largest absolute Gasteiger partial charge is 0.497 e. The van der Waals surface area contributed by atoms with Gasteiger partial charge >= 0.3 is 0 Å². The van der Waals surface area contributed by atoms with Crippen molar-refractivity contribution in [3.63, 3.8) is 0 Å². The lowest BCUT2D eigenvalue weighted by molar-refractivity contribution is 0.207. The van der Waals surface area contributed by atoms with E-state index in [0.29, 0.717) is 12.6 Å². The Labute approximate surface area is 195 Å². The lowest BCUT2D eigenvalue weighted by Gasteiger charge is -2.35. The number of nitrogens with one attached hydrogen (secondary N) is 1. The monoisotopic (exact) mass is 439 g/mol. The number of ether oxygens (including phenoxy) is 1. The molecule has 0 spiro atoms. The van der Waals surface area contributed by atoms with Gasteiger partial charge in [-0.1, -0.05) is 24.8 Å². The van der Waals surface area contributed by atoms with Crippen molar-refractivity contribution < 1.29 is 4.74 Å². The highest BCUT2D eigenvalue weighted by molar-refractivity contribution is 5.70. The van der Waals surface area contributed by atoms with Crippen LogP contribution in [0.3, 0.4) is 0 Å². The van der Waals surface area contributed by atoms with E-state index in [2.05, 4.69) is 76.2 Å². The number of aromatic nitrogens is 2. The van der Waals surface area contributed by atoms with Crippen LogP contribution >= 0.6 is 0 Å². The first-order valence-electron chi connectivity index (χ1n) is 11.4. The van der Waals surface area contributed by atoms with Gasteiger partial charge in [-0.3, -0.25) is 0 Å². The number of fused-ring (bicyclic) bond motifs is 7. The molecule has 6 bridgehead atoms. The molecule has 1 fully saturated rings. The molecule has 0 saturated carbocycles. The zero-order valence-corrected chi connectivity index (χ0v) is 19.0. The van der Waals surface area contributed by atoms with Crippen LogP contribution < -0.4 is 5.32 Å². The van der Waals surface area contributed by atoms with Crippen molar-refractivity contribution in [2.24, 2.45) is 0 Å². The standard InChI is InChI=1S/C27H29N5O/c1-20(32-12-10-31(2)11-13-32)24-15-21-6-4-14-33-19-22-5-3-7-23(16-22)26-8-9-28-27(30-26)29-25(17-21)18-24/h3-5,7-9,14-18H,1,6,10-13,19H2,2H3,(H,28,29,30)/b14-4-. The summed E-state index contributed by atoms with van der Waals surface area (Å²) >= 11 is 0. The van der Waals surface area contributed by atoms with Gasteiger partial charge in [-0.2, -0.15) is 0 Å². The Hall–Kier alpha value is -3.64. The van der Waals surface area contributed by atoms with E-state index in [-0.39, 0.29) is 0 Å². The molecule has 0 unspecified atom stereocenters. The van der Waals surface area contributed by atoms with E-state index in [0.717, 1.165) is 66.4 Å². The topological polar surface area (TPSA) is 53.5 Å². The number of benzene rings is 2. The minimum atomic E-state index is 0.520. The van der Waals surface area contributed by atoms with E-state index in [1.807, 2.05) is 12.1 Å². The second-order valence-corrected chi connectivity index (χ2v) is 8.63. The predicted octanol–water partition coefficient (Wildman–Crippen LogP) is 4.69. The molecule has 0 aliphatic carbocycles. The summed E-state index contributed by atoms with van der Waals surface area (Å²) in [5.41, 5.74) is 7.31. The summed E-state index contributed by atoms with van der Waals surface area (Å²) in [5.74, 6) is 0.577. The Morgan fingerprint density at radius 1 is 1.03 bits per heavy atom. The van der Waals surface area contributed by atoms with Gasteiger partial charge in [-0.15, -0.1) is 0 Å². The first-order valence-corrected chi connectivity index (χ1v) is 11.4. The van der Waals surface area contributed by atoms with Gasteiger partial charge in [0.05, 0.1) is 12.0 Å². The highest BCUT2D eigenvalue weighted by atomic mass is 16.5.